The molecule has 2 aromatic carbocycles. The number of carbonyl (C=O) groups excluding carboxylic acids is 1. The predicted molar refractivity (Wildman–Crippen MR) is 119 cm³/mol. The number of anilines is 1. The summed E-state index contributed by atoms with van der Waals surface area (Å²) in [6, 6.07) is 12.4. The van der Waals surface area contributed by atoms with E-state index in [-0.39, 0.29) is 18.3 Å². The van der Waals surface area contributed by atoms with Gasteiger partial charge in [-0.05, 0) is 0 Å². The van der Waals surface area contributed by atoms with Gasteiger partial charge in [0.05, 0.1) is 0 Å². The van der Waals surface area contributed by atoms with E-state index in [4.69, 9.17) is 9.47 Å². The molecule has 1 fully saturated rings. The molecule has 188 valence electrons. The zero-order valence-electron chi connectivity index (χ0n) is 18.7. The fraction of sp³-hybridized carbons (Fsp3) is 0.320. The van der Waals surface area contributed by atoms with Crippen molar-refractivity contribution in [3.63, 3.8) is 0 Å². The molecule has 0 radical (unpaired) electrons. The molecule has 2 aromatic rings. The third-order valence-electron chi connectivity index (χ3n) is 5.44. The van der Waals surface area contributed by atoms with Crippen LogP contribution in [0.4, 0.5) is 28.0 Å². The van der Waals surface area contributed by atoms with Crippen LogP contribution < -0.4 is 26.1 Å². The number of rotatable bonds is 4. The normalized spacial score (nSPS) is 17.2. The number of ether oxygens (including phenoxy) is 2. The molecular formula is C25H24F4IN2O3-. The SMILES string of the molecule is O=C(N1CCOCC1)N(Cc1ccc(C2=C[I-]CCC=C(C(F)(F)F)O2)cc1)c1cccc(F)c1. The Kier molecular flexibility index (Phi) is 8.32. The summed E-state index contributed by atoms with van der Waals surface area (Å²) in [4.78, 5) is 16.4. The Balaban J connectivity index is 1.55. The molecule has 4 rings (SSSR count). The standard InChI is InChI=1S/C25H24F4IN2O3/c26-20-3-1-4-21(15-20)32(24(33)31-11-13-34-14-12-31)17-18-6-8-19(9-7-18)22-16-30-10-2-5-23(35-22)25(27,28)29/h1,3-9,15-16H,2,10-14,17H2/q-1. The molecule has 0 unspecified atom stereocenters. The monoisotopic (exact) mass is 603 g/mol. The van der Waals surface area contributed by atoms with Crippen LogP contribution in [0.2, 0.25) is 0 Å². The molecule has 0 aliphatic carbocycles. The summed E-state index contributed by atoms with van der Waals surface area (Å²) < 4.78 is 66.8. The fourth-order valence-electron chi connectivity index (χ4n) is 3.65. The van der Waals surface area contributed by atoms with Gasteiger partial charge in [0.2, 0.25) is 0 Å². The van der Waals surface area contributed by atoms with Crippen LogP contribution in [-0.2, 0) is 16.0 Å². The first kappa shape index (κ1) is 25.5. The van der Waals surface area contributed by atoms with Crippen molar-refractivity contribution in [1.82, 2.24) is 4.90 Å². The number of carbonyl (C=O) groups is 1. The topological polar surface area (TPSA) is 42.0 Å². The van der Waals surface area contributed by atoms with Gasteiger partial charge < -0.3 is 4.74 Å². The van der Waals surface area contributed by atoms with E-state index in [2.05, 4.69) is 0 Å². The van der Waals surface area contributed by atoms with Crippen molar-refractivity contribution < 1.29 is 53.0 Å². The molecule has 2 aliphatic rings. The number of nitrogens with zero attached hydrogens (tertiary/aromatic N) is 2. The zero-order valence-corrected chi connectivity index (χ0v) is 20.9. The van der Waals surface area contributed by atoms with Crippen molar-refractivity contribution in [1.29, 1.82) is 0 Å². The Labute approximate surface area is 211 Å². The summed E-state index contributed by atoms with van der Waals surface area (Å²) >= 11 is -0.429. The maximum absolute atomic E-state index is 13.9. The van der Waals surface area contributed by atoms with Crippen molar-refractivity contribution in [2.75, 3.05) is 35.6 Å². The Morgan fingerprint density at radius 1 is 1.09 bits per heavy atom. The molecule has 1 saturated heterocycles. The van der Waals surface area contributed by atoms with Gasteiger partial charge in [-0.2, -0.15) is 0 Å². The molecule has 0 bridgehead atoms. The van der Waals surface area contributed by atoms with Crippen LogP contribution in [0, 0.1) is 5.82 Å². The number of hydrogen-bond donors (Lipinski definition) is 0. The van der Waals surface area contributed by atoms with E-state index in [0.717, 1.165) is 11.6 Å². The molecule has 0 spiro atoms. The van der Waals surface area contributed by atoms with Crippen LogP contribution in [0.1, 0.15) is 17.5 Å². The molecule has 10 heteroatoms. The molecule has 0 saturated carbocycles. The number of hydrogen-bond acceptors (Lipinski definition) is 3. The molecule has 2 heterocycles. The Morgan fingerprint density at radius 2 is 1.83 bits per heavy atom. The molecule has 0 atom stereocenters. The van der Waals surface area contributed by atoms with E-state index in [9.17, 15) is 22.4 Å². The predicted octanol–water partition coefficient (Wildman–Crippen LogP) is 2.54. The van der Waals surface area contributed by atoms with Crippen LogP contribution in [0.25, 0.3) is 5.76 Å². The van der Waals surface area contributed by atoms with Crippen LogP contribution in [0.3, 0.4) is 0 Å². The van der Waals surface area contributed by atoms with Crippen LogP contribution in [-0.4, -0.2) is 47.8 Å². The Bertz CT molecular complexity index is 1100. The molecule has 0 N–H and O–H groups in total. The Hall–Kier alpha value is -2.60. The van der Waals surface area contributed by atoms with E-state index in [0.29, 0.717) is 48.4 Å². The van der Waals surface area contributed by atoms with Crippen molar-refractivity contribution in [3.05, 3.63) is 81.4 Å². The number of urea groups is 1. The number of alkyl halides is 4. The van der Waals surface area contributed by atoms with Crippen molar-refractivity contribution >= 4 is 17.5 Å². The zero-order chi connectivity index (χ0) is 24.8. The van der Waals surface area contributed by atoms with Crippen molar-refractivity contribution in [2.45, 2.75) is 19.1 Å². The van der Waals surface area contributed by atoms with Gasteiger partial charge in [0.1, 0.15) is 0 Å². The first-order valence-electron chi connectivity index (χ1n) is 11.0. The van der Waals surface area contributed by atoms with Gasteiger partial charge in [0.25, 0.3) is 0 Å². The van der Waals surface area contributed by atoms with Crippen LogP contribution in [0.15, 0.2) is 64.4 Å². The van der Waals surface area contributed by atoms with Crippen LogP contribution >= 0.6 is 0 Å². The van der Waals surface area contributed by atoms with E-state index in [1.807, 2.05) is 0 Å². The maximum atomic E-state index is 13.9. The summed E-state index contributed by atoms with van der Waals surface area (Å²) in [5.41, 5.74) is 1.69. The molecule has 0 aromatic heterocycles. The van der Waals surface area contributed by atoms with Gasteiger partial charge >= 0.3 is 207 Å². The Morgan fingerprint density at radius 3 is 2.51 bits per heavy atom. The molecular weight excluding hydrogens is 579 g/mol. The summed E-state index contributed by atoms with van der Waals surface area (Å²) in [5.74, 6) is -1.26. The second kappa shape index (κ2) is 11.4. The molecule has 5 nitrogen and oxygen atoms in total. The average Bonchev–Trinajstić information content (AvgIpc) is 2.82. The third-order valence-corrected chi connectivity index (χ3v) is 7.69. The van der Waals surface area contributed by atoms with Crippen molar-refractivity contribution in [3.8, 4) is 0 Å². The van der Waals surface area contributed by atoms with Gasteiger partial charge in [0, 0.05) is 0 Å². The van der Waals surface area contributed by atoms with Gasteiger partial charge in [-0.15, -0.1) is 0 Å². The quantitative estimate of drug-likeness (QED) is 0.307. The first-order chi connectivity index (χ1) is 16.8. The van der Waals surface area contributed by atoms with E-state index in [1.165, 1.54) is 17.0 Å². The number of morpholine rings is 1. The fourth-order valence-corrected chi connectivity index (χ4v) is 5.52. The summed E-state index contributed by atoms with van der Waals surface area (Å²) in [6.45, 7) is 1.91. The van der Waals surface area contributed by atoms with Crippen LogP contribution in [0.5, 0.6) is 0 Å². The van der Waals surface area contributed by atoms with Gasteiger partial charge in [-0.3, -0.25) is 0 Å². The minimum absolute atomic E-state index is 0.167. The van der Waals surface area contributed by atoms with Gasteiger partial charge in [-0.25, -0.2) is 0 Å². The summed E-state index contributed by atoms with van der Waals surface area (Å²) in [5, 5.41) is 0. The van der Waals surface area contributed by atoms with E-state index < -0.39 is 39.0 Å². The molecule has 2 amide bonds. The van der Waals surface area contributed by atoms with E-state index in [1.54, 1.807) is 45.4 Å². The third kappa shape index (κ3) is 6.75. The number of allylic oxidation sites excluding steroid dienone is 2. The minimum atomic E-state index is -4.56. The van der Waals surface area contributed by atoms with Gasteiger partial charge in [-0.1, -0.05) is 0 Å². The second-order valence-corrected chi connectivity index (χ2v) is 10.5. The number of halogens is 5. The van der Waals surface area contributed by atoms with Crippen molar-refractivity contribution in [2.24, 2.45) is 0 Å². The molecule has 2 aliphatic heterocycles. The first-order valence-corrected chi connectivity index (χ1v) is 13.8. The summed E-state index contributed by atoms with van der Waals surface area (Å²) in [7, 11) is 0. The molecule has 35 heavy (non-hydrogen) atoms. The number of amides is 2. The average molecular weight is 603 g/mol. The van der Waals surface area contributed by atoms with E-state index >= 15 is 0 Å². The second-order valence-electron chi connectivity index (χ2n) is 7.92. The van der Waals surface area contributed by atoms with Gasteiger partial charge in [0.15, 0.2) is 0 Å². The number of benzene rings is 2. The summed E-state index contributed by atoms with van der Waals surface area (Å²) in [6.07, 6.45) is -3.10.